The molecule has 2 N–H and O–H groups in total. The minimum atomic E-state index is 0.397. The van der Waals surface area contributed by atoms with Gasteiger partial charge in [-0.25, -0.2) is 0 Å². The lowest BCUT2D eigenvalue weighted by Gasteiger charge is -2.13. The van der Waals surface area contributed by atoms with Crippen LogP contribution in [0.2, 0.25) is 0 Å². The van der Waals surface area contributed by atoms with Gasteiger partial charge in [-0.15, -0.1) is 10.2 Å². The van der Waals surface area contributed by atoms with Gasteiger partial charge in [-0.3, -0.25) is 0 Å². The van der Waals surface area contributed by atoms with E-state index in [-0.39, 0.29) is 0 Å². The Hall–Kier alpha value is -0.900. The van der Waals surface area contributed by atoms with Gasteiger partial charge in [0, 0.05) is 12.5 Å². The van der Waals surface area contributed by atoms with Crippen LogP contribution in [-0.2, 0) is 13.0 Å². The van der Waals surface area contributed by atoms with Crippen molar-refractivity contribution in [3.63, 3.8) is 0 Å². The predicted molar refractivity (Wildman–Crippen MR) is 75.4 cm³/mol. The van der Waals surface area contributed by atoms with Gasteiger partial charge in [0.2, 0.25) is 0 Å². The molecule has 1 aromatic rings. The maximum absolute atomic E-state index is 5.69. The first-order valence-corrected chi connectivity index (χ1v) is 7.33. The van der Waals surface area contributed by atoms with Crippen LogP contribution < -0.4 is 5.73 Å². The van der Waals surface area contributed by atoms with Gasteiger partial charge in [-0.2, -0.15) is 0 Å². The van der Waals surface area contributed by atoms with E-state index in [9.17, 15) is 0 Å². The molecule has 4 nitrogen and oxygen atoms in total. The molecule has 0 unspecified atom stereocenters. The highest BCUT2D eigenvalue weighted by Gasteiger charge is 2.12. The highest BCUT2D eigenvalue weighted by atomic mass is 15.3. The highest BCUT2D eigenvalue weighted by Crippen LogP contribution is 2.14. The molecule has 0 aromatic carbocycles. The molecular formula is C14H28N4. The summed E-state index contributed by atoms with van der Waals surface area (Å²) in [5.41, 5.74) is 5.69. The quantitative estimate of drug-likeness (QED) is 0.686. The minimum absolute atomic E-state index is 0.397. The van der Waals surface area contributed by atoms with Crippen LogP contribution in [0.1, 0.15) is 77.0 Å². The van der Waals surface area contributed by atoms with Gasteiger partial charge in [0.25, 0.3) is 0 Å². The molecule has 0 aliphatic heterocycles. The molecular weight excluding hydrogens is 224 g/mol. The Morgan fingerprint density at radius 2 is 1.61 bits per heavy atom. The average molecular weight is 252 g/mol. The molecule has 0 saturated heterocycles. The van der Waals surface area contributed by atoms with Crippen molar-refractivity contribution in [2.45, 2.75) is 78.3 Å². The molecule has 0 amide bonds. The van der Waals surface area contributed by atoms with Crippen LogP contribution in [-0.4, -0.2) is 14.8 Å². The molecule has 0 radical (unpaired) electrons. The fraction of sp³-hybridized carbons (Fsp3) is 0.857. The van der Waals surface area contributed by atoms with Crippen molar-refractivity contribution >= 4 is 0 Å². The maximum atomic E-state index is 5.69. The second kappa shape index (κ2) is 8.25. The van der Waals surface area contributed by atoms with E-state index in [1.807, 2.05) is 0 Å². The standard InChI is InChI=1S/C14H28N4/c1-4-5-6-7-8-9-10-13-16-17-14(11-15)18(13)12(2)3/h12H,4-11,15H2,1-3H3. The Labute approximate surface area is 111 Å². The molecule has 18 heavy (non-hydrogen) atoms. The predicted octanol–water partition coefficient (Wildman–Crippen LogP) is 3.22. The molecule has 0 spiro atoms. The molecule has 0 bridgehead atoms. The lowest BCUT2D eigenvalue weighted by atomic mass is 10.1. The zero-order valence-corrected chi connectivity index (χ0v) is 12.2. The van der Waals surface area contributed by atoms with Crippen LogP contribution in [0.3, 0.4) is 0 Å². The van der Waals surface area contributed by atoms with Gasteiger partial charge in [-0.05, 0) is 20.3 Å². The lowest BCUT2D eigenvalue weighted by Crippen LogP contribution is -2.13. The zero-order valence-electron chi connectivity index (χ0n) is 12.2. The molecule has 1 aromatic heterocycles. The number of unbranched alkanes of at least 4 members (excludes halogenated alkanes) is 5. The summed E-state index contributed by atoms with van der Waals surface area (Å²) in [5, 5.41) is 8.45. The van der Waals surface area contributed by atoms with E-state index in [0.29, 0.717) is 12.6 Å². The molecule has 1 heterocycles. The van der Waals surface area contributed by atoms with Crippen molar-refractivity contribution < 1.29 is 0 Å². The van der Waals surface area contributed by atoms with Crippen molar-refractivity contribution in [1.29, 1.82) is 0 Å². The van der Waals surface area contributed by atoms with Crippen LogP contribution in [0.25, 0.3) is 0 Å². The lowest BCUT2D eigenvalue weighted by molar-refractivity contribution is 0.527. The SMILES string of the molecule is CCCCCCCCc1nnc(CN)n1C(C)C. The topological polar surface area (TPSA) is 56.7 Å². The third kappa shape index (κ3) is 4.41. The second-order valence-electron chi connectivity index (χ2n) is 5.22. The number of hydrogen-bond acceptors (Lipinski definition) is 3. The molecule has 1 rings (SSSR count). The van der Waals surface area contributed by atoms with Crippen molar-refractivity contribution in [3.8, 4) is 0 Å². The largest absolute Gasteiger partial charge is 0.324 e. The summed E-state index contributed by atoms with van der Waals surface area (Å²) in [7, 11) is 0. The Kier molecular flexibility index (Phi) is 6.94. The summed E-state index contributed by atoms with van der Waals surface area (Å²) < 4.78 is 2.19. The third-order valence-electron chi connectivity index (χ3n) is 3.29. The number of nitrogens with zero attached hydrogens (tertiary/aromatic N) is 3. The minimum Gasteiger partial charge on any atom is -0.324 e. The van der Waals surface area contributed by atoms with Gasteiger partial charge >= 0.3 is 0 Å². The van der Waals surface area contributed by atoms with E-state index in [1.165, 1.54) is 38.5 Å². The summed E-state index contributed by atoms with van der Waals surface area (Å²) in [6.45, 7) is 7.04. The monoisotopic (exact) mass is 252 g/mol. The number of hydrogen-bond donors (Lipinski definition) is 1. The van der Waals surface area contributed by atoms with E-state index in [1.54, 1.807) is 0 Å². The summed E-state index contributed by atoms with van der Waals surface area (Å²) in [4.78, 5) is 0. The van der Waals surface area contributed by atoms with Crippen LogP contribution in [0.5, 0.6) is 0 Å². The fourth-order valence-electron chi connectivity index (χ4n) is 2.33. The second-order valence-corrected chi connectivity index (χ2v) is 5.22. The first-order chi connectivity index (χ1) is 8.70. The zero-order chi connectivity index (χ0) is 13.4. The van der Waals surface area contributed by atoms with Crippen molar-refractivity contribution in [1.82, 2.24) is 14.8 Å². The number of rotatable bonds is 9. The molecule has 0 saturated carbocycles. The highest BCUT2D eigenvalue weighted by molar-refractivity contribution is 4.97. The Balaban J connectivity index is 2.40. The van der Waals surface area contributed by atoms with Gasteiger partial charge < -0.3 is 10.3 Å². The molecule has 0 atom stereocenters. The van der Waals surface area contributed by atoms with Crippen LogP contribution in [0.4, 0.5) is 0 Å². The van der Waals surface area contributed by atoms with E-state index in [4.69, 9.17) is 5.73 Å². The number of aryl methyl sites for hydroxylation is 1. The van der Waals surface area contributed by atoms with Crippen LogP contribution in [0.15, 0.2) is 0 Å². The molecule has 104 valence electrons. The van der Waals surface area contributed by atoms with Gasteiger partial charge in [-0.1, -0.05) is 39.0 Å². The number of aromatic nitrogens is 3. The van der Waals surface area contributed by atoms with Gasteiger partial charge in [0.1, 0.15) is 11.6 Å². The van der Waals surface area contributed by atoms with Crippen LogP contribution >= 0.6 is 0 Å². The van der Waals surface area contributed by atoms with Crippen LogP contribution in [0, 0.1) is 0 Å². The van der Waals surface area contributed by atoms with E-state index >= 15 is 0 Å². The summed E-state index contributed by atoms with van der Waals surface area (Å²) in [6.07, 6.45) is 8.90. The van der Waals surface area contributed by atoms with Crippen molar-refractivity contribution in [2.75, 3.05) is 0 Å². The summed E-state index contributed by atoms with van der Waals surface area (Å²) in [5.74, 6) is 2.01. The van der Waals surface area contributed by atoms with E-state index < -0.39 is 0 Å². The maximum Gasteiger partial charge on any atom is 0.147 e. The van der Waals surface area contributed by atoms with Gasteiger partial charge in [0.05, 0.1) is 6.54 Å². The van der Waals surface area contributed by atoms with E-state index in [0.717, 1.165) is 18.1 Å². The third-order valence-corrected chi connectivity index (χ3v) is 3.29. The molecule has 0 aliphatic rings. The molecule has 0 fully saturated rings. The first-order valence-electron chi connectivity index (χ1n) is 7.33. The summed E-state index contributed by atoms with van der Waals surface area (Å²) in [6, 6.07) is 0.397. The fourth-order valence-corrected chi connectivity index (χ4v) is 2.33. The van der Waals surface area contributed by atoms with Gasteiger partial charge in [0.15, 0.2) is 0 Å². The smallest absolute Gasteiger partial charge is 0.147 e. The van der Waals surface area contributed by atoms with E-state index in [2.05, 4.69) is 35.5 Å². The Morgan fingerprint density at radius 3 is 2.22 bits per heavy atom. The molecule has 0 aliphatic carbocycles. The first kappa shape index (κ1) is 15.2. The Bertz CT molecular complexity index is 331. The summed E-state index contributed by atoms with van der Waals surface area (Å²) >= 11 is 0. The molecule has 4 heteroatoms. The van der Waals surface area contributed by atoms with Crippen molar-refractivity contribution in [3.05, 3.63) is 11.6 Å². The van der Waals surface area contributed by atoms with Crippen molar-refractivity contribution in [2.24, 2.45) is 5.73 Å². The number of nitrogens with two attached hydrogens (primary N) is 1. The average Bonchev–Trinajstić information content (AvgIpc) is 2.76. The Morgan fingerprint density at radius 1 is 1.00 bits per heavy atom. The normalized spacial score (nSPS) is 11.4.